The summed E-state index contributed by atoms with van der Waals surface area (Å²) in [7, 11) is 1.53. The Kier molecular flexibility index (Phi) is 2.71. The molecule has 1 aliphatic rings. The van der Waals surface area contributed by atoms with Crippen molar-refractivity contribution in [1.29, 1.82) is 0 Å². The van der Waals surface area contributed by atoms with Crippen LogP contribution in [-0.4, -0.2) is 41.6 Å². The predicted octanol–water partition coefficient (Wildman–Crippen LogP) is 1.15. The number of hydrogen-bond donors (Lipinski definition) is 1. The monoisotopic (exact) mass is 238 g/mol. The molecule has 1 saturated heterocycles. The van der Waals surface area contributed by atoms with E-state index in [0.717, 1.165) is 4.90 Å². The number of anilines is 1. The largest absolute Gasteiger partial charge is 0.480 e. The lowest BCUT2D eigenvalue weighted by Crippen LogP contribution is -2.39. The Morgan fingerprint density at radius 3 is 2.53 bits per heavy atom. The minimum absolute atomic E-state index is 0.117. The highest BCUT2D eigenvalue weighted by Crippen LogP contribution is 2.24. The maximum Gasteiger partial charge on any atom is 0.328 e. The van der Waals surface area contributed by atoms with Gasteiger partial charge in [0.15, 0.2) is 6.04 Å². The number of nitrogens with zero attached hydrogens (tertiary/aromatic N) is 2. The number of carboxylic acid groups (broad SMARTS) is 1. The van der Waals surface area contributed by atoms with Gasteiger partial charge in [0, 0.05) is 12.7 Å². The Balaban J connectivity index is 2.37. The van der Waals surface area contributed by atoms with Gasteiger partial charge < -0.3 is 10.0 Å². The van der Waals surface area contributed by atoms with Gasteiger partial charge in [0.05, 0.1) is 6.54 Å². The van der Waals surface area contributed by atoms with Crippen LogP contribution in [0.2, 0.25) is 0 Å². The molecule has 0 aliphatic carbocycles. The number of halogens is 1. The van der Waals surface area contributed by atoms with Gasteiger partial charge in [-0.3, -0.25) is 4.90 Å². The molecule has 1 aliphatic heterocycles. The molecule has 0 aromatic heterocycles. The third kappa shape index (κ3) is 1.93. The van der Waals surface area contributed by atoms with Crippen LogP contribution in [0.15, 0.2) is 24.3 Å². The zero-order valence-corrected chi connectivity index (χ0v) is 9.13. The van der Waals surface area contributed by atoms with Crippen LogP contribution < -0.4 is 4.90 Å². The minimum atomic E-state index is -1.08. The van der Waals surface area contributed by atoms with Crippen molar-refractivity contribution < 1.29 is 19.1 Å². The zero-order valence-electron chi connectivity index (χ0n) is 9.13. The number of carbonyl (C=O) groups is 2. The first-order valence-electron chi connectivity index (χ1n) is 5.03. The van der Waals surface area contributed by atoms with Gasteiger partial charge in [-0.2, -0.15) is 0 Å². The van der Waals surface area contributed by atoms with Crippen molar-refractivity contribution in [3.05, 3.63) is 30.1 Å². The van der Waals surface area contributed by atoms with Gasteiger partial charge in [0.2, 0.25) is 0 Å². The third-order valence-corrected chi connectivity index (χ3v) is 2.68. The van der Waals surface area contributed by atoms with E-state index in [1.54, 1.807) is 0 Å². The summed E-state index contributed by atoms with van der Waals surface area (Å²) in [6.45, 7) is 0.117. The molecule has 1 N–H and O–H groups in total. The molecule has 1 atom stereocenters. The van der Waals surface area contributed by atoms with Crippen LogP contribution in [0.5, 0.6) is 0 Å². The van der Waals surface area contributed by atoms with Crippen LogP contribution in [-0.2, 0) is 4.79 Å². The molecule has 6 heteroatoms. The molecule has 0 saturated carbocycles. The lowest BCUT2D eigenvalue weighted by molar-refractivity contribution is -0.138. The second-order valence-electron chi connectivity index (χ2n) is 3.86. The van der Waals surface area contributed by atoms with Crippen LogP contribution >= 0.6 is 0 Å². The van der Waals surface area contributed by atoms with E-state index in [1.807, 2.05) is 0 Å². The second kappa shape index (κ2) is 4.04. The number of benzene rings is 1. The summed E-state index contributed by atoms with van der Waals surface area (Å²) in [6, 6.07) is 3.84. The van der Waals surface area contributed by atoms with Gasteiger partial charge in [-0.25, -0.2) is 14.0 Å². The van der Waals surface area contributed by atoms with Crippen LogP contribution in [0.3, 0.4) is 0 Å². The Morgan fingerprint density at radius 1 is 1.41 bits per heavy atom. The van der Waals surface area contributed by atoms with Gasteiger partial charge in [-0.1, -0.05) is 0 Å². The zero-order chi connectivity index (χ0) is 12.6. The third-order valence-electron chi connectivity index (χ3n) is 2.68. The number of carboxylic acids is 1. The number of likely N-dealkylation sites (N-methyl/N-ethyl adjacent to an activating group) is 1. The van der Waals surface area contributed by atoms with Crippen LogP contribution in [0.4, 0.5) is 14.9 Å². The topological polar surface area (TPSA) is 60.9 Å². The molecular formula is C11H11FN2O3. The molecule has 1 unspecified atom stereocenters. The van der Waals surface area contributed by atoms with Gasteiger partial charge in [0.25, 0.3) is 0 Å². The summed E-state index contributed by atoms with van der Waals surface area (Å²) in [5.41, 5.74) is 0.383. The van der Waals surface area contributed by atoms with Gasteiger partial charge >= 0.3 is 12.0 Å². The first kappa shape index (κ1) is 11.4. The van der Waals surface area contributed by atoms with E-state index in [0.29, 0.717) is 5.69 Å². The normalized spacial score (nSPS) is 19.9. The average molecular weight is 238 g/mol. The summed E-state index contributed by atoms with van der Waals surface area (Å²) < 4.78 is 12.8. The molecule has 0 radical (unpaired) electrons. The van der Waals surface area contributed by atoms with Crippen molar-refractivity contribution in [2.45, 2.75) is 6.04 Å². The van der Waals surface area contributed by atoms with E-state index in [4.69, 9.17) is 5.11 Å². The summed E-state index contributed by atoms with van der Waals surface area (Å²) in [4.78, 5) is 25.3. The van der Waals surface area contributed by atoms with Crippen molar-refractivity contribution in [1.82, 2.24) is 4.90 Å². The summed E-state index contributed by atoms with van der Waals surface area (Å²) in [6.07, 6.45) is 0. The van der Waals surface area contributed by atoms with E-state index in [9.17, 15) is 14.0 Å². The summed E-state index contributed by atoms with van der Waals surface area (Å²) >= 11 is 0. The van der Waals surface area contributed by atoms with E-state index >= 15 is 0 Å². The molecule has 2 amide bonds. The van der Waals surface area contributed by atoms with Crippen molar-refractivity contribution >= 4 is 17.7 Å². The summed E-state index contributed by atoms with van der Waals surface area (Å²) in [5.74, 6) is -1.51. The smallest absolute Gasteiger partial charge is 0.328 e. The van der Waals surface area contributed by atoms with E-state index in [-0.39, 0.29) is 6.54 Å². The minimum Gasteiger partial charge on any atom is -0.480 e. The van der Waals surface area contributed by atoms with Crippen molar-refractivity contribution in [2.75, 3.05) is 18.5 Å². The number of rotatable bonds is 2. The van der Waals surface area contributed by atoms with Crippen molar-refractivity contribution in [3.63, 3.8) is 0 Å². The number of hydrogen-bond acceptors (Lipinski definition) is 2. The number of aliphatic carboxylic acids is 1. The first-order valence-corrected chi connectivity index (χ1v) is 5.03. The number of urea groups is 1. The van der Waals surface area contributed by atoms with Crippen LogP contribution in [0.25, 0.3) is 0 Å². The van der Waals surface area contributed by atoms with Gasteiger partial charge in [0.1, 0.15) is 5.82 Å². The number of amides is 2. The highest BCUT2D eigenvalue weighted by molar-refractivity contribution is 6.01. The molecular weight excluding hydrogens is 227 g/mol. The van der Waals surface area contributed by atoms with E-state index < -0.39 is 23.9 Å². The van der Waals surface area contributed by atoms with Gasteiger partial charge in [-0.15, -0.1) is 0 Å². The predicted molar refractivity (Wildman–Crippen MR) is 58.3 cm³/mol. The Morgan fingerprint density at radius 2 is 2.00 bits per heavy atom. The molecule has 0 bridgehead atoms. The fourth-order valence-corrected chi connectivity index (χ4v) is 1.82. The van der Waals surface area contributed by atoms with Gasteiger partial charge in [-0.05, 0) is 24.3 Å². The fraction of sp³-hybridized carbons (Fsp3) is 0.273. The van der Waals surface area contributed by atoms with E-state index in [1.165, 1.54) is 36.2 Å². The maximum atomic E-state index is 12.8. The fourth-order valence-electron chi connectivity index (χ4n) is 1.82. The number of carbonyl (C=O) groups excluding carboxylic acids is 1. The first-order chi connectivity index (χ1) is 8.00. The summed E-state index contributed by atoms with van der Waals surface area (Å²) in [5, 5.41) is 9.04. The maximum absolute atomic E-state index is 12.8. The molecule has 5 nitrogen and oxygen atoms in total. The molecule has 1 heterocycles. The lowest BCUT2D eigenvalue weighted by Gasteiger charge is -2.19. The molecule has 0 spiro atoms. The SMILES string of the molecule is CN1CC(C(=O)O)N(c2ccc(F)cc2)C1=O. The quantitative estimate of drug-likeness (QED) is 0.840. The second-order valence-corrected chi connectivity index (χ2v) is 3.86. The Bertz CT molecular complexity index is 460. The molecule has 2 rings (SSSR count). The van der Waals surface area contributed by atoms with Crippen LogP contribution in [0, 0.1) is 5.82 Å². The molecule has 90 valence electrons. The average Bonchev–Trinajstić information content (AvgIpc) is 2.57. The molecule has 1 fully saturated rings. The molecule has 1 aromatic rings. The molecule has 17 heavy (non-hydrogen) atoms. The van der Waals surface area contributed by atoms with E-state index in [2.05, 4.69) is 0 Å². The van der Waals surface area contributed by atoms with Crippen molar-refractivity contribution in [2.24, 2.45) is 0 Å². The standard InChI is InChI=1S/C11H11FN2O3/c1-13-6-9(10(15)16)14(11(13)17)8-4-2-7(12)3-5-8/h2-5,9H,6H2,1H3,(H,15,16). The Hall–Kier alpha value is -2.11. The lowest BCUT2D eigenvalue weighted by atomic mass is 10.2. The Labute approximate surface area is 97.1 Å². The van der Waals surface area contributed by atoms with Crippen molar-refractivity contribution in [3.8, 4) is 0 Å². The molecule has 1 aromatic carbocycles. The van der Waals surface area contributed by atoms with Crippen LogP contribution in [0.1, 0.15) is 0 Å². The highest BCUT2D eigenvalue weighted by Gasteiger charge is 2.40. The highest BCUT2D eigenvalue weighted by atomic mass is 19.1.